The van der Waals surface area contributed by atoms with Gasteiger partial charge in [0.15, 0.2) is 0 Å². The van der Waals surface area contributed by atoms with Gasteiger partial charge in [0.05, 0.1) is 12.3 Å². The third-order valence-electron chi connectivity index (χ3n) is 3.97. The molecule has 0 bridgehead atoms. The number of amides is 1. The van der Waals surface area contributed by atoms with Crippen LogP contribution in [0.15, 0.2) is 67.0 Å². The van der Waals surface area contributed by atoms with Gasteiger partial charge >= 0.3 is 0 Å². The topological polar surface area (TPSA) is 46.9 Å². The van der Waals surface area contributed by atoms with Crippen LogP contribution < -0.4 is 5.32 Å². The van der Waals surface area contributed by atoms with Crippen LogP contribution in [0.2, 0.25) is 0 Å². The number of nitrogens with zero attached hydrogens (tertiary/aromatic N) is 2. The van der Waals surface area contributed by atoms with Gasteiger partial charge in [-0.3, -0.25) is 9.48 Å². The molecule has 0 saturated carbocycles. The third kappa shape index (κ3) is 5.77. The Morgan fingerprint density at radius 3 is 2.69 bits per heavy atom. The molecule has 0 fully saturated rings. The highest BCUT2D eigenvalue weighted by atomic mass is 32.2. The molecule has 1 N–H and O–H groups in total. The Hall–Kier alpha value is -2.53. The quantitative estimate of drug-likeness (QED) is 0.661. The zero-order valence-corrected chi connectivity index (χ0v) is 15.7. The summed E-state index contributed by atoms with van der Waals surface area (Å²) in [5.41, 5.74) is 4.79. The summed E-state index contributed by atoms with van der Waals surface area (Å²) in [4.78, 5) is 12.1. The second kappa shape index (κ2) is 9.25. The normalized spacial score (nSPS) is 10.7. The highest BCUT2D eigenvalue weighted by Gasteiger charge is 2.04. The summed E-state index contributed by atoms with van der Waals surface area (Å²) in [5.74, 6) is 1.40. The minimum Gasteiger partial charge on any atom is -0.351 e. The molecule has 0 spiro atoms. The maximum Gasteiger partial charge on any atom is 0.230 e. The van der Waals surface area contributed by atoms with E-state index in [0.717, 1.165) is 17.9 Å². The molecule has 26 heavy (non-hydrogen) atoms. The van der Waals surface area contributed by atoms with Gasteiger partial charge in [-0.15, -0.1) is 11.8 Å². The summed E-state index contributed by atoms with van der Waals surface area (Å²) < 4.78 is 1.89. The van der Waals surface area contributed by atoms with Crippen molar-refractivity contribution >= 4 is 17.7 Å². The molecule has 2 aromatic carbocycles. The van der Waals surface area contributed by atoms with Crippen LogP contribution in [0.5, 0.6) is 0 Å². The minimum atomic E-state index is 0.0696. The molecule has 3 aromatic rings. The lowest BCUT2D eigenvalue weighted by Crippen LogP contribution is -2.24. The summed E-state index contributed by atoms with van der Waals surface area (Å²) in [6, 6.07) is 18.6. The molecule has 0 atom stereocenters. The zero-order chi connectivity index (χ0) is 18.2. The number of carbonyl (C=O) groups is 1. The van der Waals surface area contributed by atoms with Gasteiger partial charge in [0.25, 0.3) is 0 Å². The predicted molar refractivity (Wildman–Crippen MR) is 107 cm³/mol. The molecule has 1 aromatic heterocycles. The van der Waals surface area contributed by atoms with Crippen molar-refractivity contribution < 1.29 is 4.79 Å². The van der Waals surface area contributed by atoms with Crippen LogP contribution in [-0.2, 0) is 23.6 Å². The average molecular weight is 366 g/mol. The van der Waals surface area contributed by atoms with Crippen molar-refractivity contribution in [3.8, 4) is 0 Å². The van der Waals surface area contributed by atoms with E-state index in [-0.39, 0.29) is 5.91 Å². The summed E-state index contributed by atoms with van der Waals surface area (Å²) in [5, 5.41) is 7.22. The second-order valence-corrected chi connectivity index (χ2v) is 7.27. The van der Waals surface area contributed by atoms with E-state index >= 15 is 0 Å². The van der Waals surface area contributed by atoms with E-state index in [0.29, 0.717) is 12.3 Å². The standard InChI is InChI=1S/C21H23N3OS/c1-17-5-2-8-20(11-17)15-26-16-21(25)22-13-18-6-3-7-19(12-18)14-24-10-4-9-23-24/h2-12H,13-16H2,1H3,(H,22,25). The zero-order valence-electron chi connectivity index (χ0n) is 14.9. The SMILES string of the molecule is Cc1cccc(CSCC(=O)NCc2cccc(Cn3cccn3)c2)c1. The first kappa shape index (κ1) is 18.3. The number of aromatic nitrogens is 2. The molecule has 1 heterocycles. The summed E-state index contributed by atoms with van der Waals surface area (Å²) in [6.45, 7) is 3.37. The smallest absolute Gasteiger partial charge is 0.230 e. The number of aryl methyl sites for hydroxylation is 1. The van der Waals surface area contributed by atoms with E-state index in [1.54, 1.807) is 18.0 Å². The molecule has 0 saturated heterocycles. The van der Waals surface area contributed by atoms with Crippen LogP contribution in [0, 0.1) is 6.92 Å². The van der Waals surface area contributed by atoms with E-state index in [9.17, 15) is 4.79 Å². The van der Waals surface area contributed by atoms with Crippen LogP contribution in [0.4, 0.5) is 0 Å². The molecule has 4 nitrogen and oxygen atoms in total. The third-order valence-corrected chi connectivity index (χ3v) is 4.97. The van der Waals surface area contributed by atoms with Crippen LogP contribution in [0.3, 0.4) is 0 Å². The first-order valence-electron chi connectivity index (χ1n) is 8.64. The molecule has 0 radical (unpaired) electrons. The van der Waals surface area contributed by atoms with Crippen molar-refractivity contribution in [2.24, 2.45) is 0 Å². The van der Waals surface area contributed by atoms with E-state index in [1.165, 1.54) is 16.7 Å². The van der Waals surface area contributed by atoms with Crippen molar-refractivity contribution in [3.05, 3.63) is 89.2 Å². The summed E-state index contributed by atoms with van der Waals surface area (Å²) in [6.07, 6.45) is 3.72. The van der Waals surface area contributed by atoms with E-state index in [4.69, 9.17) is 0 Å². The first-order chi connectivity index (χ1) is 12.7. The Kier molecular flexibility index (Phi) is 6.50. The fourth-order valence-corrected chi connectivity index (χ4v) is 3.54. The number of hydrogen-bond donors (Lipinski definition) is 1. The highest BCUT2D eigenvalue weighted by Crippen LogP contribution is 2.13. The van der Waals surface area contributed by atoms with Crippen LogP contribution in [0.25, 0.3) is 0 Å². The number of carbonyl (C=O) groups excluding carboxylic acids is 1. The first-order valence-corrected chi connectivity index (χ1v) is 9.80. The second-order valence-electron chi connectivity index (χ2n) is 6.28. The fourth-order valence-electron chi connectivity index (χ4n) is 2.73. The molecule has 1 amide bonds. The van der Waals surface area contributed by atoms with Crippen LogP contribution in [-0.4, -0.2) is 21.4 Å². The monoisotopic (exact) mass is 365 g/mol. The van der Waals surface area contributed by atoms with Crippen LogP contribution >= 0.6 is 11.8 Å². The van der Waals surface area contributed by atoms with E-state index in [2.05, 4.69) is 53.7 Å². The van der Waals surface area contributed by atoms with Gasteiger partial charge in [-0.1, -0.05) is 54.1 Å². The van der Waals surface area contributed by atoms with Crippen molar-refractivity contribution in [1.29, 1.82) is 0 Å². The molecular weight excluding hydrogens is 342 g/mol. The lowest BCUT2D eigenvalue weighted by molar-refractivity contribution is -0.118. The molecule has 3 rings (SSSR count). The minimum absolute atomic E-state index is 0.0696. The maximum atomic E-state index is 12.1. The molecule has 0 aliphatic rings. The highest BCUT2D eigenvalue weighted by molar-refractivity contribution is 7.99. The molecular formula is C21H23N3OS. The van der Waals surface area contributed by atoms with E-state index < -0.39 is 0 Å². The van der Waals surface area contributed by atoms with Gasteiger partial charge in [-0.2, -0.15) is 5.10 Å². The van der Waals surface area contributed by atoms with Crippen LogP contribution in [0.1, 0.15) is 22.3 Å². The van der Waals surface area contributed by atoms with Gasteiger partial charge in [-0.05, 0) is 29.7 Å². The summed E-state index contributed by atoms with van der Waals surface area (Å²) in [7, 11) is 0. The van der Waals surface area contributed by atoms with Crippen molar-refractivity contribution in [2.75, 3.05) is 5.75 Å². The van der Waals surface area contributed by atoms with E-state index in [1.807, 2.05) is 29.1 Å². The lowest BCUT2D eigenvalue weighted by Gasteiger charge is -2.08. The Balaban J connectivity index is 1.42. The molecule has 0 aliphatic carbocycles. The molecule has 134 valence electrons. The van der Waals surface area contributed by atoms with Crippen molar-refractivity contribution in [2.45, 2.75) is 25.8 Å². The van der Waals surface area contributed by atoms with Crippen molar-refractivity contribution in [1.82, 2.24) is 15.1 Å². The number of rotatable bonds is 8. The van der Waals surface area contributed by atoms with Gasteiger partial charge < -0.3 is 5.32 Å². The van der Waals surface area contributed by atoms with Crippen molar-refractivity contribution in [3.63, 3.8) is 0 Å². The number of hydrogen-bond acceptors (Lipinski definition) is 3. The lowest BCUT2D eigenvalue weighted by atomic mass is 10.1. The Morgan fingerprint density at radius 1 is 1.08 bits per heavy atom. The average Bonchev–Trinajstić information content (AvgIpc) is 3.13. The molecule has 0 aliphatic heterocycles. The maximum absolute atomic E-state index is 12.1. The summed E-state index contributed by atoms with van der Waals surface area (Å²) >= 11 is 1.64. The predicted octanol–water partition coefficient (Wildman–Crippen LogP) is 3.79. The number of benzene rings is 2. The van der Waals surface area contributed by atoms with Gasteiger partial charge in [0, 0.05) is 24.7 Å². The molecule has 5 heteroatoms. The van der Waals surface area contributed by atoms with Gasteiger partial charge in [-0.25, -0.2) is 0 Å². The largest absolute Gasteiger partial charge is 0.351 e. The van der Waals surface area contributed by atoms with Gasteiger partial charge in [0.1, 0.15) is 0 Å². The Labute approximate surface area is 158 Å². The Bertz CT molecular complexity index is 846. The molecule has 0 unspecified atom stereocenters. The fraction of sp³-hybridized carbons (Fsp3) is 0.238. The number of nitrogens with one attached hydrogen (secondary N) is 1. The van der Waals surface area contributed by atoms with Gasteiger partial charge in [0.2, 0.25) is 5.91 Å². The number of thioether (sulfide) groups is 1. The Morgan fingerprint density at radius 2 is 1.88 bits per heavy atom.